The molecule has 2 aromatic carbocycles. The molecule has 254 valence electrons. The molecule has 6 atom stereocenters. The molecular formula is C32H37N6O9P. The molecule has 5 rings (SSSR count). The summed E-state index contributed by atoms with van der Waals surface area (Å²) < 4.78 is 44.8. The van der Waals surface area contributed by atoms with E-state index in [1.807, 2.05) is 24.3 Å². The van der Waals surface area contributed by atoms with Gasteiger partial charge in [0.1, 0.15) is 41.4 Å². The van der Waals surface area contributed by atoms with Crippen molar-refractivity contribution in [1.82, 2.24) is 19.7 Å². The van der Waals surface area contributed by atoms with Crippen molar-refractivity contribution in [2.45, 2.75) is 64.1 Å². The molecule has 0 amide bonds. The zero-order valence-electron chi connectivity index (χ0n) is 27.0. The SMILES string of the molecule is CCOC(=O)[C@H](C)N[P@](=O)(OCC1O[C@@](C#N)(c2ccc3c(N)ncnn23)[C@](C)(O)[C@@H]1OC(=O)C(C)C)Oc1cccc2ccccc12. The van der Waals surface area contributed by atoms with Gasteiger partial charge in [0.2, 0.25) is 5.60 Å². The highest BCUT2D eigenvalue weighted by Crippen LogP contribution is 2.51. The maximum Gasteiger partial charge on any atom is 0.459 e. The summed E-state index contributed by atoms with van der Waals surface area (Å²) in [5, 5.41) is 30.9. The third kappa shape index (κ3) is 6.33. The summed E-state index contributed by atoms with van der Waals surface area (Å²) >= 11 is 0. The molecule has 4 aromatic rings. The van der Waals surface area contributed by atoms with E-state index < -0.39 is 61.7 Å². The van der Waals surface area contributed by atoms with Crippen LogP contribution in [0, 0.1) is 17.2 Å². The summed E-state index contributed by atoms with van der Waals surface area (Å²) in [4.78, 5) is 29.5. The number of hydrogen-bond donors (Lipinski definition) is 3. The van der Waals surface area contributed by atoms with Crippen molar-refractivity contribution in [3.63, 3.8) is 0 Å². The lowest BCUT2D eigenvalue weighted by molar-refractivity contribution is -0.168. The van der Waals surface area contributed by atoms with Gasteiger partial charge in [0.25, 0.3) is 0 Å². The van der Waals surface area contributed by atoms with Crippen LogP contribution in [0.15, 0.2) is 60.9 Å². The minimum absolute atomic E-state index is 0.0662. The number of anilines is 1. The average molecular weight is 681 g/mol. The van der Waals surface area contributed by atoms with Crippen molar-refractivity contribution in [3.8, 4) is 11.8 Å². The molecule has 15 nitrogen and oxygen atoms in total. The van der Waals surface area contributed by atoms with E-state index in [-0.39, 0.29) is 23.9 Å². The summed E-state index contributed by atoms with van der Waals surface area (Å²) in [5.41, 5.74) is 1.99. The predicted molar refractivity (Wildman–Crippen MR) is 172 cm³/mol. The quantitative estimate of drug-likeness (QED) is 0.144. The van der Waals surface area contributed by atoms with Crippen molar-refractivity contribution in [3.05, 3.63) is 66.6 Å². The molecule has 1 fully saturated rings. The summed E-state index contributed by atoms with van der Waals surface area (Å²) in [6.07, 6.45) is -1.74. The number of nitrogen functional groups attached to an aromatic ring is 1. The zero-order valence-corrected chi connectivity index (χ0v) is 27.9. The third-order valence-corrected chi connectivity index (χ3v) is 9.65. The van der Waals surface area contributed by atoms with Crippen molar-refractivity contribution in [2.75, 3.05) is 18.9 Å². The minimum Gasteiger partial charge on any atom is -0.465 e. The van der Waals surface area contributed by atoms with Gasteiger partial charge in [0.05, 0.1) is 24.8 Å². The Bertz CT molecular complexity index is 1920. The Morgan fingerprint density at radius 3 is 2.60 bits per heavy atom. The first-order chi connectivity index (χ1) is 22.8. The fourth-order valence-electron chi connectivity index (χ4n) is 5.50. The van der Waals surface area contributed by atoms with Crippen LogP contribution in [0.1, 0.15) is 40.3 Å². The molecule has 1 saturated heterocycles. The van der Waals surface area contributed by atoms with E-state index >= 15 is 0 Å². The molecule has 0 spiro atoms. The molecule has 16 heteroatoms. The fraction of sp³-hybridized carbons (Fsp3) is 0.406. The molecule has 2 aromatic heterocycles. The first-order valence-electron chi connectivity index (χ1n) is 15.2. The lowest BCUT2D eigenvalue weighted by Crippen LogP contribution is -2.54. The van der Waals surface area contributed by atoms with Crippen LogP contribution < -0.4 is 15.3 Å². The maximum absolute atomic E-state index is 14.5. The van der Waals surface area contributed by atoms with Gasteiger partial charge in [0.15, 0.2) is 11.9 Å². The fourth-order valence-corrected chi connectivity index (χ4v) is 7.02. The van der Waals surface area contributed by atoms with E-state index in [0.29, 0.717) is 10.9 Å². The Labute approximate surface area is 276 Å². The van der Waals surface area contributed by atoms with E-state index in [1.165, 1.54) is 30.8 Å². The minimum atomic E-state index is -4.49. The van der Waals surface area contributed by atoms with Crippen LogP contribution in [-0.4, -0.2) is 68.7 Å². The largest absolute Gasteiger partial charge is 0.465 e. The second-order valence-electron chi connectivity index (χ2n) is 11.7. The van der Waals surface area contributed by atoms with Gasteiger partial charge >= 0.3 is 19.7 Å². The van der Waals surface area contributed by atoms with Gasteiger partial charge in [-0.15, -0.1) is 0 Å². The number of aliphatic hydroxyl groups is 1. The smallest absolute Gasteiger partial charge is 0.459 e. The number of benzene rings is 2. The van der Waals surface area contributed by atoms with Crippen molar-refractivity contribution in [2.24, 2.45) is 5.92 Å². The number of nitriles is 1. The van der Waals surface area contributed by atoms with Gasteiger partial charge in [-0.3, -0.25) is 14.1 Å². The second-order valence-corrected chi connectivity index (χ2v) is 13.4. The first-order valence-corrected chi connectivity index (χ1v) is 16.8. The molecule has 1 aliphatic heterocycles. The first kappa shape index (κ1) is 34.7. The lowest BCUT2D eigenvalue weighted by Gasteiger charge is -2.34. The Morgan fingerprint density at radius 1 is 1.17 bits per heavy atom. The molecule has 48 heavy (non-hydrogen) atoms. The average Bonchev–Trinajstić information content (AvgIpc) is 3.58. The van der Waals surface area contributed by atoms with Crippen molar-refractivity contribution in [1.29, 1.82) is 5.26 Å². The van der Waals surface area contributed by atoms with Gasteiger partial charge in [-0.05, 0) is 44.4 Å². The molecular weight excluding hydrogens is 643 g/mol. The topological polar surface area (TPSA) is 210 Å². The number of nitrogens with two attached hydrogens (primary N) is 1. The highest BCUT2D eigenvalue weighted by Gasteiger charge is 2.67. The van der Waals surface area contributed by atoms with Crippen LogP contribution in [0.5, 0.6) is 5.75 Å². The van der Waals surface area contributed by atoms with Gasteiger partial charge < -0.3 is 29.6 Å². The molecule has 0 radical (unpaired) electrons. The number of carbonyl (C=O) groups is 2. The zero-order chi connectivity index (χ0) is 34.9. The number of aromatic nitrogens is 3. The number of esters is 2. The molecule has 0 bridgehead atoms. The van der Waals surface area contributed by atoms with E-state index in [2.05, 4.69) is 15.2 Å². The molecule has 1 unspecified atom stereocenters. The monoisotopic (exact) mass is 680 g/mol. The number of fused-ring (bicyclic) bond motifs is 2. The van der Waals surface area contributed by atoms with Gasteiger partial charge in [-0.2, -0.15) is 15.4 Å². The van der Waals surface area contributed by atoms with Gasteiger partial charge in [-0.1, -0.05) is 50.2 Å². The van der Waals surface area contributed by atoms with Crippen LogP contribution in [0.2, 0.25) is 0 Å². The number of nitrogens with zero attached hydrogens (tertiary/aromatic N) is 4. The van der Waals surface area contributed by atoms with E-state index in [4.69, 9.17) is 29.0 Å². The van der Waals surface area contributed by atoms with Crippen LogP contribution in [0.3, 0.4) is 0 Å². The second kappa shape index (κ2) is 13.5. The molecule has 0 saturated carbocycles. The Balaban J connectivity index is 1.54. The lowest BCUT2D eigenvalue weighted by atomic mass is 9.80. The highest BCUT2D eigenvalue weighted by atomic mass is 31.2. The van der Waals surface area contributed by atoms with Crippen molar-refractivity contribution < 1.29 is 42.5 Å². The van der Waals surface area contributed by atoms with E-state index in [0.717, 1.165) is 5.39 Å². The molecule has 0 aliphatic carbocycles. The molecule has 1 aliphatic rings. The van der Waals surface area contributed by atoms with Gasteiger partial charge in [0, 0.05) is 5.39 Å². The van der Waals surface area contributed by atoms with E-state index in [1.54, 1.807) is 51.1 Å². The Morgan fingerprint density at radius 2 is 1.90 bits per heavy atom. The van der Waals surface area contributed by atoms with Gasteiger partial charge in [-0.25, -0.2) is 14.1 Å². The Kier molecular flexibility index (Phi) is 9.77. The normalized spacial score (nSPS) is 24.2. The summed E-state index contributed by atoms with van der Waals surface area (Å²) in [5.74, 6) is -1.73. The number of ether oxygens (including phenoxy) is 3. The van der Waals surface area contributed by atoms with Crippen LogP contribution in [0.25, 0.3) is 16.3 Å². The standard InChI is InChI=1S/C32H37N6O9P/c1-6-43-30(40)20(4)37-48(42,47-24-13-9-11-21-10-7-8-12-22(21)24)44-16-25-27(45-29(39)19(2)3)31(5,41)32(17-33,46-25)26-15-14-23-28(34)35-18-36-38(23)26/h7-15,18-20,25,27,41H,6,16H2,1-5H3,(H,37,42)(H2,34,35,36)/t20-,25?,27+,31+,32-,48-/m0/s1. The molecule has 4 N–H and O–H groups in total. The molecule has 3 heterocycles. The third-order valence-electron chi connectivity index (χ3n) is 8.02. The summed E-state index contributed by atoms with van der Waals surface area (Å²) in [6, 6.07) is 16.3. The Hall–Kier alpha value is -4.58. The number of carbonyl (C=O) groups excluding carboxylic acids is 2. The number of nitrogens with one attached hydrogen (secondary N) is 1. The van der Waals surface area contributed by atoms with Crippen LogP contribution in [0.4, 0.5) is 5.82 Å². The number of rotatable bonds is 12. The summed E-state index contributed by atoms with van der Waals surface area (Å²) in [6.45, 7) is 6.98. The predicted octanol–water partition coefficient (Wildman–Crippen LogP) is 3.65. The summed E-state index contributed by atoms with van der Waals surface area (Å²) in [7, 11) is -4.49. The number of hydrogen-bond acceptors (Lipinski definition) is 13. The van der Waals surface area contributed by atoms with Crippen molar-refractivity contribution >= 4 is 41.8 Å². The van der Waals surface area contributed by atoms with Crippen LogP contribution in [-0.2, 0) is 38.5 Å². The maximum atomic E-state index is 14.5. The van der Waals surface area contributed by atoms with Crippen LogP contribution >= 0.6 is 7.75 Å². The highest BCUT2D eigenvalue weighted by molar-refractivity contribution is 7.52. The van der Waals surface area contributed by atoms with E-state index in [9.17, 15) is 24.5 Å².